The van der Waals surface area contributed by atoms with E-state index in [4.69, 9.17) is 0 Å². The first kappa shape index (κ1) is 18.5. The fourth-order valence-corrected chi connectivity index (χ4v) is 4.45. The maximum Gasteiger partial charge on any atom is 0.189 e. The van der Waals surface area contributed by atoms with Crippen LogP contribution in [-0.2, 0) is 12.8 Å². The first-order valence-electron chi connectivity index (χ1n) is 10.5. The van der Waals surface area contributed by atoms with Crippen molar-refractivity contribution in [3.63, 3.8) is 0 Å². The first-order valence-corrected chi connectivity index (χ1v) is 10.5. The molecule has 0 N–H and O–H groups in total. The zero-order valence-electron chi connectivity index (χ0n) is 16.7. The predicted octanol–water partition coefficient (Wildman–Crippen LogP) is 6.11. The van der Waals surface area contributed by atoms with Gasteiger partial charge >= 0.3 is 0 Å². The number of rotatable bonds is 2. The molecule has 0 amide bonds. The van der Waals surface area contributed by atoms with Crippen molar-refractivity contribution in [1.29, 1.82) is 0 Å². The highest BCUT2D eigenvalue weighted by atomic mass is 16.1. The van der Waals surface area contributed by atoms with Gasteiger partial charge in [0, 0.05) is 22.3 Å². The van der Waals surface area contributed by atoms with E-state index in [0.717, 1.165) is 70.2 Å². The second kappa shape index (κ2) is 7.72. The summed E-state index contributed by atoms with van der Waals surface area (Å²) < 4.78 is 0. The van der Waals surface area contributed by atoms with E-state index in [9.17, 15) is 9.59 Å². The summed E-state index contributed by atoms with van der Waals surface area (Å²) in [6.07, 6.45) is 7.31. The molecule has 0 saturated carbocycles. The maximum absolute atomic E-state index is 12.9. The van der Waals surface area contributed by atoms with Crippen LogP contribution in [-0.4, -0.2) is 11.6 Å². The van der Waals surface area contributed by atoms with Crippen molar-refractivity contribution in [2.45, 2.75) is 25.7 Å². The number of ketones is 2. The molecule has 0 radical (unpaired) electrons. The number of aryl methyl sites for hydroxylation is 2. The van der Waals surface area contributed by atoms with E-state index < -0.39 is 0 Å². The lowest BCUT2D eigenvalue weighted by atomic mass is 9.85. The monoisotopic (exact) mass is 390 g/mol. The number of hydrogen-bond donors (Lipinski definition) is 0. The lowest BCUT2D eigenvalue weighted by molar-refractivity contribution is 0.101. The van der Waals surface area contributed by atoms with Gasteiger partial charge in [0.1, 0.15) is 0 Å². The third kappa shape index (κ3) is 3.46. The minimum absolute atomic E-state index is 0.125. The lowest BCUT2D eigenvalue weighted by Crippen LogP contribution is -2.14. The maximum atomic E-state index is 12.9. The van der Waals surface area contributed by atoms with E-state index in [-0.39, 0.29) is 11.6 Å². The average molecular weight is 390 g/mol. The number of Topliss-reactive ketones (excluding diaryl/α,β-unsaturated/α-hetero) is 2. The SMILES string of the molecule is O=C1/C(=C/c2cccc(/C=C3\CCc4ccccc4C3=O)c2)CCc2ccccc21. The molecule has 0 fully saturated rings. The molecule has 2 heteroatoms. The van der Waals surface area contributed by atoms with Gasteiger partial charge in [0.15, 0.2) is 11.6 Å². The van der Waals surface area contributed by atoms with Crippen molar-refractivity contribution >= 4 is 23.7 Å². The largest absolute Gasteiger partial charge is 0.289 e. The second-order valence-electron chi connectivity index (χ2n) is 7.98. The van der Waals surface area contributed by atoms with Gasteiger partial charge < -0.3 is 0 Å². The lowest BCUT2D eigenvalue weighted by Gasteiger charge is -2.18. The molecule has 2 aliphatic rings. The van der Waals surface area contributed by atoms with Crippen molar-refractivity contribution < 1.29 is 9.59 Å². The molecule has 0 heterocycles. The summed E-state index contributed by atoms with van der Waals surface area (Å²) in [5.41, 5.74) is 7.59. The van der Waals surface area contributed by atoms with Gasteiger partial charge in [-0.25, -0.2) is 0 Å². The summed E-state index contributed by atoms with van der Waals surface area (Å²) >= 11 is 0. The van der Waals surface area contributed by atoms with Crippen LogP contribution in [0.15, 0.2) is 83.9 Å². The Morgan fingerprint density at radius 1 is 0.533 bits per heavy atom. The molecule has 3 aromatic rings. The van der Waals surface area contributed by atoms with Crippen molar-refractivity contribution in [1.82, 2.24) is 0 Å². The van der Waals surface area contributed by atoms with Gasteiger partial charge in [-0.2, -0.15) is 0 Å². The van der Waals surface area contributed by atoms with E-state index in [1.807, 2.05) is 78.9 Å². The minimum Gasteiger partial charge on any atom is -0.289 e. The molecule has 5 rings (SSSR count). The number of fused-ring (bicyclic) bond motifs is 2. The molecule has 2 aliphatic carbocycles. The highest BCUT2D eigenvalue weighted by molar-refractivity contribution is 6.14. The third-order valence-corrected chi connectivity index (χ3v) is 6.03. The predicted molar refractivity (Wildman–Crippen MR) is 121 cm³/mol. The van der Waals surface area contributed by atoms with Crippen LogP contribution in [0.4, 0.5) is 0 Å². The highest BCUT2D eigenvalue weighted by Gasteiger charge is 2.22. The molecule has 0 aliphatic heterocycles. The van der Waals surface area contributed by atoms with Gasteiger partial charge in [-0.15, -0.1) is 0 Å². The molecule has 0 unspecified atom stereocenters. The molecule has 0 spiro atoms. The van der Waals surface area contributed by atoms with Crippen LogP contribution < -0.4 is 0 Å². The van der Waals surface area contributed by atoms with E-state index in [2.05, 4.69) is 6.07 Å². The van der Waals surface area contributed by atoms with Crippen LogP contribution in [0.1, 0.15) is 55.8 Å². The normalized spacial score (nSPS) is 18.4. The van der Waals surface area contributed by atoms with Gasteiger partial charge in [0.2, 0.25) is 0 Å². The third-order valence-electron chi connectivity index (χ3n) is 6.03. The van der Waals surface area contributed by atoms with Crippen molar-refractivity contribution in [3.8, 4) is 0 Å². The van der Waals surface area contributed by atoms with E-state index in [1.165, 1.54) is 0 Å². The standard InChI is InChI=1S/C28H22O2/c29-27-23(14-12-21-8-1-3-10-25(21)27)17-19-6-5-7-20(16-19)18-24-15-13-22-9-2-4-11-26(22)28(24)30/h1-11,16-18H,12-15H2/b23-17+,24-18+. The van der Waals surface area contributed by atoms with E-state index in [1.54, 1.807) is 0 Å². The summed E-state index contributed by atoms with van der Waals surface area (Å²) in [4.78, 5) is 25.7. The zero-order valence-corrected chi connectivity index (χ0v) is 16.7. The molecule has 146 valence electrons. The van der Waals surface area contributed by atoms with Crippen LogP contribution >= 0.6 is 0 Å². The van der Waals surface area contributed by atoms with Crippen LogP contribution in [0.5, 0.6) is 0 Å². The van der Waals surface area contributed by atoms with E-state index >= 15 is 0 Å². The Labute approximate surface area is 176 Å². The number of carbonyl (C=O) groups is 2. The number of allylic oxidation sites excluding steroid dienone is 2. The molecule has 2 nitrogen and oxygen atoms in total. The van der Waals surface area contributed by atoms with Crippen LogP contribution in [0.3, 0.4) is 0 Å². The molecule has 0 atom stereocenters. The summed E-state index contributed by atoms with van der Waals surface area (Å²) in [5, 5.41) is 0. The van der Waals surface area contributed by atoms with Gasteiger partial charge in [-0.3, -0.25) is 9.59 Å². The second-order valence-corrected chi connectivity index (χ2v) is 7.98. The summed E-state index contributed by atoms with van der Waals surface area (Å²) in [6, 6.07) is 23.8. The number of carbonyl (C=O) groups excluding carboxylic acids is 2. The Bertz CT molecular complexity index is 1130. The van der Waals surface area contributed by atoms with Crippen molar-refractivity contribution in [2.75, 3.05) is 0 Å². The topological polar surface area (TPSA) is 34.1 Å². The van der Waals surface area contributed by atoms with Crippen molar-refractivity contribution in [2.24, 2.45) is 0 Å². The van der Waals surface area contributed by atoms with Gasteiger partial charge in [0.05, 0.1) is 0 Å². The Morgan fingerprint density at radius 2 is 1.00 bits per heavy atom. The molecule has 30 heavy (non-hydrogen) atoms. The quantitative estimate of drug-likeness (QED) is 0.495. The van der Waals surface area contributed by atoms with Gasteiger partial charge in [0.25, 0.3) is 0 Å². The van der Waals surface area contributed by atoms with Crippen molar-refractivity contribution in [3.05, 3.63) is 117 Å². The molecule has 3 aromatic carbocycles. The van der Waals surface area contributed by atoms with Crippen LogP contribution in [0.2, 0.25) is 0 Å². The molecular formula is C28H22O2. The average Bonchev–Trinajstić information content (AvgIpc) is 2.78. The highest BCUT2D eigenvalue weighted by Crippen LogP contribution is 2.28. The fraction of sp³-hybridized carbons (Fsp3) is 0.143. The Kier molecular flexibility index (Phi) is 4.76. The molecule has 0 aromatic heterocycles. The van der Waals surface area contributed by atoms with Gasteiger partial charge in [-0.1, -0.05) is 66.7 Å². The first-order chi connectivity index (χ1) is 14.7. The summed E-state index contributed by atoms with van der Waals surface area (Å²) in [7, 11) is 0. The van der Waals surface area contributed by atoms with Crippen LogP contribution in [0, 0.1) is 0 Å². The molecule has 0 bridgehead atoms. The number of benzene rings is 3. The zero-order chi connectivity index (χ0) is 20.5. The Balaban J connectivity index is 1.43. The summed E-state index contributed by atoms with van der Waals surface area (Å²) in [5.74, 6) is 0.249. The number of hydrogen-bond acceptors (Lipinski definition) is 2. The summed E-state index contributed by atoms with van der Waals surface area (Å²) in [6.45, 7) is 0. The van der Waals surface area contributed by atoms with E-state index in [0.29, 0.717) is 0 Å². The fourth-order valence-electron chi connectivity index (χ4n) is 4.45. The Hall–Kier alpha value is -3.52. The molecule has 0 saturated heterocycles. The van der Waals surface area contributed by atoms with Crippen LogP contribution in [0.25, 0.3) is 12.2 Å². The molecular weight excluding hydrogens is 368 g/mol. The Morgan fingerprint density at radius 3 is 1.50 bits per heavy atom. The minimum atomic E-state index is 0.125. The van der Waals surface area contributed by atoms with Gasteiger partial charge in [-0.05, 0) is 66.2 Å². The smallest absolute Gasteiger partial charge is 0.189 e.